The summed E-state index contributed by atoms with van der Waals surface area (Å²) >= 11 is 5.22. The smallest absolute Gasteiger partial charge is 0.363 e. The molecule has 36 heavy (non-hydrogen) atoms. The Balaban J connectivity index is 1.49. The number of rotatable bonds is 3. The molecule has 0 fully saturated rings. The Morgan fingerprint density at radius 3 is 2.44 bits per heavy atom. The second kappa shape index (κ2) is 9.81. The Morgan fingerprint density at radius 2 is 1.78 bits per heavy atom. The highest BCUT2D eigenvalue weighted by Crippen LogP contribution is 2.43. The maximum Gasteiger partial charge on any atom is 0.410 e. The minimum absolute atomic E-state index is 0.118. The second-order valence-corrected chi connectivity index (χ2v) is 9.45. The number of alkyl halides is 3. The molecule has 1 amide bonds. The zero-order valence-electron chi connectivity index (χ0n) is 20.2. The number of carbonyl (C=O) groups is 1. The van der Waals surface area contributed by atoms with Crippen molar-refractivity contribution in [3.05, 3.63) is 76.0 Å². The summed E-state index contributed by atoms with van der Waals surface area (Å²) in [7, 11) is 0. The number of hydrogen-bond donors (Lipinski definition) is 4. The minimum Gasteiger partial charge on any atom is -0.363 e. The summed E-state index contributed by atoms with van der Waals surface area (Å²) in [5.41, 5.74) is 10.4. The highest BCUT2D eigenvalue weighted by molar-refractivity contribution is 7.80. The van der Waals surface area contributed by atoms with Crippen LogP contribution in [0.3, 0.4) is 0 Å². The maximum absolute atomic E-state index is 14.0. The van der Waals surface area contributed by atoms with Crippen LogP contribution in [0.4, 0.5) is 24.7 Å². The van der Waals surface area contributed by atoms with E-state index in [1.54, 1.807) is 0 Å². The third-order valence-corrected chi connectivity index (χ3v) is 6.48. The van der Waals surface area contributed by atoms with Crippen LogP contribution in [0.15, 0.2) is 42.5 Å². The molecule has 0 radical (unpaired) electrons. The molecule has 0 spiro atoms. The summed E-state index contributed by atoms with van der Waals surface area (Å²) in [6.07, 6.45) is -4.78. The van der Waals surface area contributed by atoms with E-state index in [0.717, 1.165) is 38.2 Å². The third kappa shape index (κ3) is 5.46. The molecule has 0 unspecified atom stereocenters. The van der Waals surface area contributed by atoms with E-state index in [2.05, 4.69) is 26.6 Å². The van der Waals surface area contributed by atoms with Gasteiger partial charge in [-0.2, -0.15) is 18.3 Å². The molecule has 2 heterocycles. The summed E-state index contributed by atoms with van der Waals surface area (Å²) < 4.78 is 42.7. The van der Waals surface area contributed by atoms with Crippen molar-refractivity contribution < 1.29 is 18.0 Å². The topological polar surface area (TPSA) is 83.0 Å². The summed E-state index contributed by atoms with van der Waals surface area (Å²) in [4.78, 5) is 12.7. The number of nitrogens with one attached hydrogen (secondary N) is 4. The monoisotopic (exact) mass is 516 g/mol. The van der Waals surface area contributed by atoms with Crippen molar-refractivity contribution in [2.75, 3.05) is 10.6 Å². The van der Waals surface area contributed by atoms with Crippen molar-refractivity contribution in [1.29, 1.82) is 0 Å². The molecule has 0 bridgehead atoms. The molecule has 11 heteroatoms. The molecule has 4 N–H and O–H groups in total. The molecular formula is C25H27F3N6OS. The van der Waals surface area contributed by atoms with Crippen molar-refractivity contribution in [2.24, 2.45) is 0 Å². The first-order chi connectivity index (χ1) is 16.9. The zero-order valence-corrected chi connectivity index (χ0v) is 21.1. The van der Waals surface area contributed by atoms with Crippen molar-refractivity contribution in [3.63, 3.8) is 0 Å². The Labute approximate surface area is 212 Å². The number of carbonyl (C=O) groups excluding carboxylic acids is 1. The van der Waals surface area contributed by atoms with E-state index < -0.39 is 24.2 Å². The maximum atomic E-state index is 14.0. The van der Waals surface area contributed by atoms with E-state index in [1.807, 2.05) is 64.1 Å². The van der Waals surface area contributed by atoms with Crippen LogP contribution in [-0.4, -0.2) is 27.0 Å². The number of aryl methyl sites for hydroxylation is 4. The van der Waals surface area contributed by atoms with Gasteiger partial charge in [0.25, 0.3) is 5.91 Å². The van der Waals surface area contributed by atoms with E-state index in [0.29, 0.717) is 0 Å². The van der Waals surface area contributed by atoms with Gasteiger partial charge in [0.2, 0.25) is 0 Å². The first-order valence-electron chi connectivity index (χ1n) is 11.4. The number of benzene rings is 2. The number of halogens is 3. The molecule has 1 aliphatic heterocycles. The SMILES string of the molecule is Cc1ccc(NC(=S)NNC(=O)c2cc3n(n2)[C@H](C(F)(F)F)C[C@@H](c2ccc(C)c(C)c2)N3)c(C)c1. The van der Waals surface area contributed by atoms with Crippen LogP contribution in [0.2, 0.25) is 0 Å². The van der Waals surface area contributed by atoms with Crippen molar-refractivity contribution in [1.82, 2.24) is 20.6 Å². The van der Waals surface area contributed by atoms with Gasteiger partial charge in [0.1, 0.15) is 5.82 Å². The van der Waals surface area contributed by atoms with Crippen LogP contribution < -0.4 is 21.5 Å². The molecule has 0 saturated heterocycles. The fourth-order valence-corrected chi connectivity index (χ4v) is 4.33. The molecule has 1 aromatic heterocycles. The highest BCUT2D eigenvalue weighted by atomic mass is 32.1. The minimum atomic E-state index is -4.54. The Bertz CT molecular complexity index is 1320. The van der Waals surface area contributed by atoms with Crippen LogP contribution in [-0.2, 0) is 0 Å². The first-order valence-corrected chi connectivity index (χ1v) is 11.8. The zero-order chi connectivity index (χ0) is 26.2. The lowest BCUT2D eigenvalue weighted by Crippen LogP contribution is -2.44. The third-order valence-electron chi connectivity index (χ3n) is 6.28. The van der Waals surface area contributed by atoms with Crippen molar-refractivity contribution in [2.45, 2.75) is 52.4 Å². The van der Waals surface area contributed by atoms with Crippen LogP contribution in [0.5, 0.6) is 0 Å². The first kappa shape index (κ1) is 25.5. The van der Waals surface area contributed by atoms with E-state index >= 15 is 0 Å². The van der Waals surface area contributed by atoms with Crippen molar-refractivity contribution >= 4 is 34.7 Å². The lowest BCUT2D eigenvalue weighted by molar-refractivity contribution is -0.173. The highest BCUT2D eigenvalue weighted by Gasteiger charge is 2.46. The number of hydrazine groups is 1. The molecule has 190 valence electrons. The molecule has 0 aliphatic carbocycles. The number of amides is 1. The number of thiocarbonyl (C=S) groups is 1. The van der Waals surface area contributed by atoms with Crippen molar-refractivity contribution in [3.8, 4) is 0 Å². The quantitative estimate of drug-likeness (QED) is 0.275. The summed E-state index contributed by atoms with van der Waals surface area (Å²) in [5, 5.41) is 10.2. The summed E-state index contributed by atoms with van der Waals surface area (Å²) in [6.45, 7) is 7.76. The molecule has 1 aliphatic rings. The Hall–Kier alpha value is -3.60. The predicted molar refractivity (Wildman–Crippen MR) is 137 cm³/mol. The van der Waals surface area contributed by atoms with Gasteiger partial charge in [0, 0.05) is 18.2 Å². The van der Waals surface area contributed by atoms with Gasteiger partial charge in [-0.15, -0.1) is 0 Å². The van der Waals surface area contributed by atoms with Crippen LogP contribution in [0.1, 0.15) is 56.8 Å². The molecule has 7 nitrogen and oxygen atoms in total. The summed E-state index contributed by atoms with van der Waals surface area (Å²) in [6, 6.07) is 10.2. The van der Waals surface area contributed by atoms with E-state index in [4.69, 9.17) is 12.2 Å². The van der Waals surface area contributed by atoms with Gasteiger partial charge in [-0.05, 0) is 68.2 Å². The van der Waals surface area contributed by atoms with Gasteiger partial charge in [-0.3, -0.25) is 15.6 Å². The molecule has 4 rings (SSSR count). The Morgan fingerprint density at radius 1 is 1.03 bits per heavy atom. The normalized spacial score (nSPS) is 17.1. The fourth-order valence-electron chi connectivity index (χ4n) is 4.17. The lowest BCUT2D eigenvalue weighted by Gasteiger charge is -2.33. The Kier molecular flexibility index (Phi) is 6.94. The van der Waals surface area contributed by atoms with Gasteiger partial charge in [0.15, 0.2) is 16.8 Å². The predicted octanol–water partition coefficient (Wildman–Crippen LogP) is 5.41. The lowest BCUT2D eigenvalue weighted by atomic mass is 9.94. The van der Waals surface area contributed by atoms with E-state index in [-0.39, 0.29) is 23.0 Å². The fraction of sp³-hybridized carbons (Fsp3) is 0.320. The number of hydrogen-bond acceptors (Lipinski definition) is 4. The number of aromatic nitrogens is 2. The van der Waals surface area contributed by atoms with E-state index in [9.17, 15) is 18.0 Å². The van der Waals surface area contributed by atoms with E-state index in [1.165, 1.54) is 6.07 Å². The van der Waals surface area contributed by atoms with Gasteiger partial charge in [0.05, 0.1) is 6.04 Å². The molecular weight excluding hydrogens is 489 g/mol. The average Bonchev–Trinajstić information content (AvgIpc) is 3.24. The standard InChI is InChI=1S/C25H27F3N6OS/c1-13-5-8-18(16(4)9-13)30-24(36)32-31-23(35)20-12-22-29-19(17-7-6-14(2)15(3)10-17)11-21(25(26,27)28)34(22)33-20/h5-10,12,19,21,29H,11H2,1-4H3,(H,31,35)(H2,30,32,36)/t19-,21-/m0/s1. The van der Waals surface area contributed by atoms with Gasteiger partial charge in [-0.1, -0.05) is 35.9 Å². The largest absolute Gasteiger partial charge is 0.410 e. The van der Waals surface area contributed by atoms with Crippen LogP contribution >= 0.6 is 12.2 Å². The summed E-state index contributed by atoms with van der Waals surface area (Å²) in [5.74, 6) is -0.597. The van der Waals surface area contributed by atoms with Gasteiger partial charge >= 0.3 is 6.18 Å². The number of fused-ring (bicyclic) bond motifs is 1. The van der Waals surface area contributed by atoms with Gasteiger partial charge < -0.3 is 10.6 Å². The molecule has 3 aromatic rings. The second-order valence-electron chi connectivity index (χ2n) is 9.04. The molecule has 2 aromatic carbocycles. The number of anilines is 2. The number of nitrogens with zero attached hydrogens (tertiary/aromatic N) is 2. The average molecular weight is 517 g/mol. The van der Waals surface area contributed by atoms with Gasteiger partial charge in [-0.25, -0.2) is 4.68 Å². The molecule has 0 saturated carbocycles. The van der Waals surface area contributed by atoms with Crippen LogP contribution in [0, 0.1) is 27.7 Å². The molecule has 2 atom stereocenters. The van der Waals surface area contributed by atoms with Crippen LogP contribution in [0.25, 0.3) is 0 Å².